The van der Waals surface area contributed by atoms with Gasteiger partial charge in [-0.1, -0.05) is 37.8 Å². The number of Topliss-reactive ketones (excluding diaryl/α,β-unsaturated/α-hetero) is 2. The first-order chi connectivity index (χ1) is 19.8. The first-order valence-electron chi connectivity index (χ1n) is 15.6. The summed E-state index contributed by atoms with van der Waals surface area (Å²) >= 11 is 0. The molecule has 1 aromatic carbocycles. The van der Waals surface area contributed by atoms with Crippen LogP contribution >= 0.6 is 0 Å². The molecule has 0 amide bonds. The summed E-state index contributed by atoms with van der Waals surface area (Å²) in [5.41, 5.74) is 0.489. The highest BCUT2D eigenvalue weighted by atomic mass is 16.5. The van der Waals surface area contributed by atoms with Gasteiger partial charge in [-0.05, 0) is 111 Å². The zero-order chi connectivity index (χ0) is 30.3. The van der Waals surface area contributed by atoms with Crippen LogP contribution in [0.15, 0.2) is 24.3 Å². The summed E-state index contributed by atoms with van der Waals surface area (Å²) in [5.74, 6) is 6.52. The van der Waals surface area contributed by atoms with Crippen molar-refractivity contribution in [2.75, 3.05) is 6.61 Å². The summed E-state index contributed by atoms with van der Waals surface area (Å²) in [6, 6.07) is 7.24. The molecule has 2 N–H and O–H groups in total. The number of aliphatic hydroxyl groups is 1. The number of carbonyl (C=O) groups is 4. The van der Waals surface area contributed by atoms with E-state index >= 15 is 0 Å². The summed E-state index contributed by atoms with van der Waals surface area (Å²) in [7, 11) is 0. The third-order valence-electron chi connectivity index (χ3n) is 11.8. The number of esters is 1. The number of rotatable bonds is 7. The maximum Gasteiger partial charge on any atom is 0.306 e. The van der Waals surface area contributed by atoms with Crippen LogP contribution in [0.4, 0.5) is 0 Å². The highest BCUT2D eigenvalue weighted by Crippen LogP contribution is 2.68. The highest BCUT2D eigenvalue weighted by Gasteiger charge is 2.62. The van der Waals surface area contributed by atoms with Crippen LogP contribution in [0, 0.1) is 52.3 Å². The molecule has 4 fully saturated rings. The standard InChI is InChI=1S/C35H44O7/c1-22(36)24-6-4-23(5-7-24)14-17-35(41)19-18-33(2)25(20-35)8-9-26-27-10-11-29(34(27,3)16-15-28(26)33)30(37)21-42-32(40)13-12-31(38)39/h4-7,25-29,41H,8-13,15-16,18-21H2,1-3H3,(H,38,39)/t25-,26+,27+,28+,29-,33+,34+,35-/m1/s1. The predicted octanol–water partition coefficient (Wildman–Crippen LogP) is 5.61. The Labute approximate surface area is 248 Å². The van der Waals surface area contributed by atoms with Gasteiger partial charge in [0.25, 0.3) is 0 Å². The SMILES string of the molecule is CC(=O)c1ccc(C#C[C@@]2(O)CC[C@@]3(C)[C@H](CC[C@@H]4[C@@H]3CC[C@]3(C)[C@@H](C(=O)COC(=O)CCC(=O)O)CC[C@@H]43)C2)cc1. The van der Waals surface area contributed by atoms with Gasteiger partial charge in [0.05, 0.1) is 12.8 Å². The van der Waals surface area contributed by atoms with Gasteiger partial charge in [0, 0.05) is 17.0 Å². The number of aliphatic carboxylic acids is 1. The molecule has 1 aromatic rings. The Balaban J connectivity index is 1.22. The average molecular weight is 577 g/mol. The zero-order valence-electron chi connectivity index (χ0n) is 25.1. The minimum atomic E-state index is -1.06. The molecule has 0 bridgehead atoms. The number of carboxylic acids is 1. The van der Waals surface area contributed by atoms with Crippen LogP contribution < -0.4 is 0 Å². The highest BCUT2D eigenvalue weighted by molar-refractivity contribution is 5.94. The molecule has 4 saturated carbocycles. The van der Waals surface area contributed by atoms with Crippen LogP contribution in [0.25, 0.3) is 0 Å². The molecule has 0 saturated heterocycles. The van der Waals surface area contributed by atoms with Gasteiger partial charge < -0.3 is 14.9 Å². The lowest BCUT2D eigenvalue weighted by atomic mass is 9.44. The predicted molar refractivity (Wildman–Crippen MR) is 156 cm³/mol. The summed E-state index contributed by atoms with van der Waals surface area (Å²) in [4.78, 5) is 47.4. The Hall–Kier alpha value is -2.98. The van der Waals surface area contributed by atoms with E-state index in [2.05, 4.69) is 25.7 Å². The van der Waals surface area contributed by atoms with Crippen molar-refractivity contribution in [1.82, 2.24) is 0 Å². The smallest absolute Gasteiger partial charge is 0.306 e. The average Bonchev–Trinajstić information content (AvgIpc) is 3.32. The Bertz CT molecular complexity index is 1300. The van der Waals surface area contributed by atoms with Crippen LogP contribution in [0.5, 0.6) is 0 Å². The molecule has 226 valence electrons. The van der Waals surface area contributed by atoms with E-state index in [0.29, 0.717) is 42.1 Å². The second-order valence-electron chi connectivity index (χ2n) is 14.0. The number of carbonyl (C=O) groups excluding carboxylic acids is 3. The third kappa shape index (κ3) is 5.80. The molecule has 0 unspecified atom stereocenters. The monoisotopic (exact) mass is 576 g/mol. The van der Waals surface area contributed by atoms with Gasteiger partial charge in [-0.25, -0.2) is 0 Å². The summed E-state index contributed by atoms with van der Waals surface area (Å²) in [6.07, 6.45) is 7.80. The number of hydrogen-bond donors (Lipinski definition) is 2. The van der Waals surface area contributed by atoms with Gasteiger partial charge in [0.15, 0.2) is 11.6 Å². The number of hydrogen-bond acceptors (Lipinski definition) is 6. The van der Waals surface area contributed by atoms with E-state index in [1.807, 2.05) is 12.1 Å². The number of ketones is 2. The molecule has 0 heterocycles. The van der Waals surface area contributed by atoms with Crippen LogP contribution in [-0.4, -0.2) is 45.9 Å². The van der Waals surface area contributed by atoms with E-state index in [9.17, 15) is 24.3 Å². The van der Waals surface area contributed by atoms with E-state index in [-0.39, 0.29) is 47.8 Å². The summed E-state index contributed by atoms with van der Waals surface area (Å²) in [5, 5.41) is 20.3. The van der Waals surface area contributed by atoms with Crippen molar-refractivity contribution in [3.8, 4) is 11.8 Å². The van der Waals surface area contributed by atoms with Gasteiger partial charge in [-0.15, -0.1) is 0 Å². The van der Waals surface area contributed by atoms with E-state index in [1.54, 1.807) is 19.1 Å². The fraction of sp³-hybridized carbons (Fsp3) is 0.657. The molecule has 5 rings (SSSR count). The van der Waals surface area contributed by atoms with Crippen LogP contribution in [0.1, 0.15) is 107 Å². The van der Waals surface area contributed by atoms with Crippen molar-refractivity contribution >= 4 is 23.5 Å². The van der Waals surface area contributed by atoms with Crippen LogP contribution in [0.3, 0.4) is 0 Å². The molecular formula is C35H44O7. The molecule has 4 aliphatic carbocycles. The topological polar surface area (TPSA) is 118 Å². The molecule has 8 atom stereocenters. The molecule has 0 radical (unpaired) electrons. The van der Waals surface area contributed by atoms with Crippen molar-refractivity contribution in [1.29, 1.82) is 0 Å². The Morgan fingerprint density at radius 2 is 1.62 bits per heavy atom. The third-order valence-corrected chi connectivity index (χ3v) is 11.8. The van der Waals surface area contributed by atoms with Crippen LogP contribution in [-0.2, 0) is 19.1 Å². The minimum absolute atomic E-state index is 0.0218. The molecule has 0 aromatic heterocycles. The van der Waals surface area contributed by atoms with Gasteiger partial charge >= 0.3 is 11.9 Å². The largest absolute Gasteiger partial charge is 0.481 e. The fourth-order valence-electron chi connectivity index (χ4n) is 9.40. The van der Waals surface area contributed by atoms with Gasteiger partial charge in [-0.2, -0.15) is 0 Å². The summed E-state index contributed by atoms with van der Waals surface area (Å²) in [6.45, 7) is 5.98. The minimum Gasteiger partial charge on any atom is -0.481 e. The van der Waals surface area contributed by atoms with Crippen molar-refractivity contribution in [3.05, 3.63) is 35.4 Å². The van der Waals surface area contributed by atoms with Crippen molar-refractivity contribution in [2.45, 2.75) is 97.0 Å². The van der Waals surface area contributed by atoms with E-state index < -0.39 is 17.5 Å². The Morgan fingerprint density at radius 1 is 0.905 bits per heavy atom. The Kier molecular flexibility index (Phi) is 8.42. The van der Waals surface area contributed by atoms with Crippen molar-refractivity contribution < 1.29 is 34.1 Å². The lowest BCUT2D eigenvalue weighted by molar-refractivity contribution is -0.155. The first-order valence-corrected chi connectivity index (χ1v) is 15.6. The molecule has 7 heteroatoms. The normalized spacial score (nSPS) is 36.8. The second-order valence-corrected chi connectivity index (χ2v) is 14.0. The van der Waals surface area contributed by atoms with E-state index in [1.165, 1.54) is 0 Å². The second kappa shape index (κ2) is 11.6. The van der Waals surface area contributed by atoms with Crippen molar-refractivity contribution in [3.63, 3.8) is 0 Å². The summed E-state index contributed by atoms with van der Waals surface area (Å²) < 4.78 is 5.17. The number of carboxylic acid groups (broad SMARTS) is 1. The van der Waals surface area contributed by atoms with E-state index in [4.69, 9.17) is 9.84 Å². The van der Waals surface area contributed by atoms with Gasteiger partial charge in [0.2, 0.25) is 0 Å². The molecule has 7 nitrogen and oxygen atoms in total. The molecular weight excluding hydrogens is 532 g/mol. The fourth-order valence-corrected chi connectivity index (χ4v) is 9.40. The number of fused-ring (bicyclic) bond motifs is 5. The van der Waals surface area contributed by atoms with E-state index in [0.717, 1.165) is 50.5 Å². The lowest BCUT2D eigenvalue weighted by Gasteiger charge is -2.61. The molecule has 0 aliphatic heterocycles. The first kappa shape index (κ1) is 30.5. The van der Waals surface area contributed by atoms with Crippen molar-refractivity contribution in [2.24, 2.45) is 40.4 Å². The number of benzene rings is 1. The molecule has 0 spiro atoms. The molecule has 42 heavy (non-hydrogen) atoms. The lowest BCUT2D eigenvalue weighted by Crippen LogP contribution is -2.56. The quantitative estimate of drug-likeness (QED) is 0.246. The van der Waals surface area contributed by atoms with Gasteiger partial charge in [0.1, 0.15) is 12.2 Å². The maximum atomic E-state index is 13.2. The van der Waals surface area contributed by atoms with Gasteiger partial charge in [-0.3, -0.25) is 19.2 Å². The zero-order valence-corrected chi connectivity index (χ0v) is 25.1. The van der Waals surface area contributed by atoms with Crippen LogP contribution in [0.2, 0.25) is 0 Å². The molecule has 4 aliphatic rings. The Morgan fingerprint density at radius 3 is 2.31 bits per heavy atom. The number of ether oxygens (including phenoxy) is 1. The maximum absolute atomic E-state index is 13.2.